The molecule has 6 rings (SSSR count). The van der Waals surface area contributed by atoms with Crippen LogP contribution in [0, 0.1) is 0 Å². The Hall–Kier alpha value is -2.92. The molecule has 3 heterocycles. The zero-order valence-electron chi connectivity index (χ0n) is 19.0. The van der Waals surface area contributed by atoms with E-state index < -0.39 is 0 Å². The molecule has 0 radical (unpaired) electrons. The minimum atomic E-state index is 0.472. The first-order valence-corrected chi connectivity index (χ1v) is 12.4. The summed E-state index contributed by atoms with van der Waals surface area (Å²) in [5, 5.41) is 12.8. The van der Waals surface area contributed by atoms with Crippen molar-refractivity contribution < 1.29 is 9.62 Å². The molecule has 1 aromatic carbocycles. The molecule has 170 valence electrons. The highest BCUT2D eigenvalue weighted by Crippen LogP contribution is 2.41. The largest absolute Gasteiger partial charge is 0.460 e. The van der Waals surface area contributed by atoms with Gasteiger partial charge in [0.1, 0.15) is 11.5 Å². The molecule has 1 aliphatic heterocycles. The normalized spacial score (nSPS) is 21.2. The third-order valence-corrected chi connectivity index (χ3v) is 7.95. The van der Waals surface area contributed by atoms with Gasteiger partial charge in [-0.15, -0.1) is 0 Å². The molecule has 0 bridgehead atoms. The van der Waals surface area contributed by atoms with Crippen LogP contribution in [0.25, 0.3) is 22.5 Å². The number of pyridine rings is 1. The zero-order valence-corrected chi connectivity index (χ0v) is 19.0. The van der Waals surface area contributed by atoms with E-state index in [-0.39, 0.29) is 0 Å². The second kappa shape index (κ2) is 8.79. The minimum absolute atomic E-state index is 0.472. The molecule has 1 N–H and O–H groups in total. The number of nitrogens with zero attached hydrogens (tertiary/aromatic N) is 3. The minimum Gasteiger partial charge on any atom is -0.460 e. The van der Waals surface area contributed by atoms with Crippen LogP contribution in [0.3, 0.4) is 0 Å². The van der Waals surface area contributed by atoms with Gasteiger partial charge in [-0.1, -0.05) is 30.1 Å². The smallest absolute Gasteiger partial charge is 0.142 e. The first kappa shape index (κ1) is 20.7. The molecule has 2 fully saturated rings. The number of aryl methyl sites for hydroxylation is 1. The third-order valence-electron chi connectivity index (χ3n) is 7.95. The van der Waals surface area contributed by atoms with E-state index in [2.05, 4.69) is 51.4 Å². The lowest BCUT2D eigenvalue weighted by atomic mass is 9.92. The maximum Gasteiger partial charge on any atom is 0.142 e. The standard InChI is InChI=1S/C28H31N3O2/c32-30-26-8-6-21-17-22(5-7-24(21)26)28-25(19-9-13-29-14-10-19)18-27(33-28)20-11-15-31(16-12-20)23-3-1-2-4-23/h5,7,9-10,13-14,17-18,20,23,32H,1-4,6,8,11-12,15-16H2/b30-26+. The van der Waals surface area contributed by atoms with Crippen molar-refractivity contribution in [2.75, 3.05) is 13.1 Å². The van der Waals surface area contributed by atoms with Crippen LogP contribution in [-0.2, 0) is 6.42 Å². The van der Waals surface area contributed by atoms with E-state index in [1.54, 1.807) is 0 Å². The second-order valence-electron chi connectivity index (χ2n) is 9.79. The van der Waals surface area contributed by atoms with E-state index in [1.165, 1.54) is 57.2 Å². The number of piperidine rings is 1. The van der Waals surface area contributed by atoms with Crippen molar-refractivity contribution in [3.05, 3.63) is 65.7 Å². The summed E-state index contributed by atoms with van der Waals surface area (Å²) in [7, 11) is 0. The van der Waals surface area contributed by atoms with Gasteiger partial charge in [0.2, 0.25) is 0 Å². The monoisotopic (exact) mass is 441 g/mol. The lowest BCUT2D eigenvalue weighted by Gasteiger charge is -2.35. The average molecular weight is 442 g/mol. The van der Waals surface area contributed by atoms with Gasteiger partial charge in [0.25, 0.3) is 0 Å². The number of furan rings is 1. The number of aromatic nitrogens is 1. The van der Waals surface area contributed by atoms with Crippen LogP contribution >= 0.6 is 0 Å². The van der Waals surface area contributed by atoms with Crippen LogP contribution < -0.4 is 0 Å². The Kier molecular flexibility index (Phi) is 5.50. The van der Waals surface area contributed by atoms with Crippen LogP contribution in [0.15, 0.2) is 58.4 Å². The molecule has 0 unspecified atom stereocenters. The fraction of sp³-hybridized carbons (Fsp3) is 0.429. The molecule has 1 saturated heterocycles. The van der Waals surface area contributed by atoms with Gasteiger partial charge in [0, 0.05) is 41.0 Å². The van der Waals surface area contributed by atoms with Gasteiger partial charge in [-0.2, -0.15) is 0 Å². The molecule has 1 saturated carbocycles. The summed E-state index contributed by atoms with van der Waals surface area (Å²) in [5.74, 6) is 2.52. The fourth-order valence-corrected chi connectivity index (χ4v) is 6.11. The molecule has 0 amide bonds. The van der Waals surface area contributed by atoms with E-state index in [0.29, 0.717) is 5.92 Å². The number of oxime groups is 1. The van der Waals surface area contributed by atoms with E-state index in [4.69, 9.17) is 4.42 Å². The summed E-state index contributed by atoms with van der Waals surface area (Å²) in [4.78, 5) is 6.93. The SMILES string of the molecule is O/N=C1\CCc2cc(-c3oc(C4CCN(C5CCCC5)CC4)cc3-c3ccncc3)ccc21. The van der Waals surface area contributed by atoms with Crippen LogP contribution in [0.1, 0.15) is 67.8 Å². The maximum absolute atomic E-state index is 9.29. The molecule has 2 aliphatic carbocycles. The molecule has 2 aromatic heterocycles. The van der Waals surface area contributed by atoms with Crippen molar-refractivity contribution in [1.29, 1.82) is 0 Å². The highest BCUT2D eigenvalue weighted by Gasteiger charge is 2.30. The maximum atomic E-state index is 9.29. The Labute approximate surface area is 195 Å². The summed E-state index contributed by atoms with van der Waals surface area (Å²) in [6.07, 6.45) is 13.3. The number of rotatable bonds is 4. The third kappa shape index (κ3) is 3.89. The van der Waals surface area contributed by atoms with Crippen molar-refractivity contribution in [2.24, 2.45) is 5.16 Å². The van der Waals surface area contributed by atoms with Gasteiger partial charge >= 0.3 is 0 Å². The molecular weight excluding hydrogens is 410 g/mol. The number of benzene rings is 1. The Morgan fingerprint density at radius 1 is 0.879 bits per heavy atom. The first-order chi connectivity index (χ1) is 16.3. The van der Waals surface area contributed by atoms with Crippen molar-refractivity contribution in [3.8, 4) is 22.5 Å². The highest BCUT2D eigenvalue weighted by molar-refractivity contribution is 6.04. The summed E-state index contributed by atoms with van der Waals surface area (Å²) in [5.41, 5.74) is 6.42. The molecular formula is C28H31N3O2. The highest BCUT2D eigenvalue weighted by atomic mass is 16.4. The van der Waals surface area contributed by atoms with Crippen LogP contribution in [0.4, 0.5) is 0 Å². The molecule has 3 aliphatic rings. The molecule has 5 nitrogen and oxygen atoms in total. The number of fused-ring (bicyclic) bond motifs is 1. The average Bonchev–Trinajstić information content (AvgIpc) is 3.64. The van der Waals surface area contributed by atoms with E-state index in [0.717, 1.165) is 58.4 Å². The van der Waals surface area contributed by atoms with Gasteiger partial charge in [-0.3, -0.25) is 4.98 Å². The predicted octanol–water partition coefficient (Wildman–Crippen LogP) is 6.26. The molecule has 0 spiro atoms. The molecule has 33 heavy (non-hydrogen) atoms. The van der Waals surface area contributed by atoms with Crippen molar-refractivity contribution >= 4 is 5.71 Å². The Morgan fingerprint density at radius 2 is 1.67 bits per heavy atom. The van der Waals surface area contributed by atoms with E-state index in [1.807, 2.05) is 12.4 Å². The summed E-state index contributed by atoms with van der Waals surface area (Å²) in [6.45, 7) is 2.36. The van der Waals surface area contributed by atoms with Crippen LogP contribution in [-0.4, -0.2) is 39.9 Å². The number of likely N-dealkylation sites (tertiary alicyclic amines) is 1. The van der Waals surface area contributed by atoms with Gasteiger partial charge in [-0.25, -0.2) is 0 Å². The van der Waals surface area contributed by atoms with Gasteiger partial charge in [-0.05, 0) is 87.0 Å². The summed E-state index contributed by atoms with van der Waals surface area (Å²) >= 11 is 0. The Bertz CT molecular complexity index is 1150. The number of hydrogen-bond acceptors (Lipinski definition) is 5. The second-order valence-corrected chi connectivity index (χ2v) is 9.79. The van der Waals surface area contributed by atoms with E-state index in [9.17, 15) is 5.21 Å². The lowest BCUT2D eigenvalue weighted by Crippen LogP contribution is -2.39. The van der Waals surface area contributed by atoms with Crippen molar-refractivity contribution in [2.45, 2.75) is 63.3 Å². The summed E-state index contributed by atoms with van der Waals surface area (Å²) in [6, 6.07) is 13.6. The summed E-state index contributed by atoms with van der Waals surface area (Å²) < 4.78 is 6.65. The van der Waals surface area contributed by atoms with Crippen molar-refractivity contribution in [3.63, 3.8) is 0 Å². The van der Waals surface area contributed by atoms with Crippen molar-refractivity contribution in [1.82, 2.24) is 9.88 Å². The quantitative estimate of drug-likeness (QED) is 0.384. The zero-order chi connectivity index (χ0) is 22.2. The topological polar surface area (TPSA) is 61.9 Å². The molecule has 5 heteroatoms. The number of hydrogen-bond donors (Lipinski definition) is 1. The lowest BCUT2D eigenvalue weighted by molar-refractivity contribution is 0.148. The predicted molar refractivity (Wildman–Crippen MR) is 130 cm³/mol. The first-order valence-electron chi connectivity index (χ1n) is 12.4. The Balaban J connectivity index is 1.32. The Morgan fingerprint density at radius 3 is 2.42 bits per heavy atom. The van der Waals surface area contributed by atoms with Crippen LogP contribution in [0.5, 0.6) is 0 Å². The van der Waals surface area contributed by atoms with Gasteiger partial charge in [0.05, 0.1) is 5.71 Å². The van der Waals surface area contributed by atoms with Crippen LogP contribution in [0.2, 0.25) is 0 Å². The molecule has 3 aromatic rings. The fourth-order valence-electron chi connectivity index (χ4n) is 6.11. The van der Waals surface area contributed by atoms with Gasteiger partial charge < -0.3 is 14.5 Å². The van der Waals surface area contributed by atoms with Gasteiger partial charge in [0.15, 0.2) is 0 Å². The molecule has 0 atom stereocenters. The van der Waals surface area contributed by atoms with E-state index >= 15 is 0 Å².